The molecule has 2 aromatic carbocycles. The first-order valence-corrected chi connectivity index (χ1v) is 5.26. The van der Waals surface area contributed by atoms with Crippen LogP contribution in [0, 0.1) is 0 Å². The number of benzene rings is 2. The maximum absolute atomic E-state index is 3.61. The van der Waals surface area contributed by atoms with Gasteiger partial charge in [0, 0.05) is 5.57 Å². The van der Waals surface area contributed by atoms with E-state index >= 15 is 0 Å². The van der Waals surface area contributed by atoms with Gasteiger partial charge in [-0.05, 0) is 28.8 Å². The van der Waals surface area contributed by atoms with Gasteiger partial charge in [0.05, 0.1) is 0 Å². The zero-order valence-electron chi connectivity index (χ0n) is 8.83. The summed E-state index contributed by atoms with van der Waals surface area (Å²) in [6.07, 6.45) is 0. The van der Waals surface area contributed by atoms with E-state index in [0.29, 0.717) is 0 Å². The molecule has 74 valence electrons. The molecule has 0 spiro atoms. The summed E-state index contributed by atoms with van der Waals surface area (Å²) in [5, 5.41) is 0. The normalized spacial score (nSPS) is 11.4. The largest absolute Gasteiger partial charge is 0.0775 e. The Morgan fingerprint density at radius 1 is 0.688 bits per heavy atom. The van der Waals surface area contributed by atoms with Crippen LogP contribution in [0.3, 0.4) is 0 Å². The lowest BCUT2D eigenvalue weighted by Gasteiger charge is -1.97. The van der Waals surface area contributed by atoms with Crippen molar-refractivity contribution in [2.24, 2.45) is 0 Å². The summed E-state index contributed by atoms with van der Waals surface area (Å²) in [6, 6.07) is 16.8. The highest BCUT2D eigenvalue weighted by atomic mass is 14.2. The van der Waals surface area contributed by atoms with Crippen molar-refractivity contribution < 1.29 is 0 Å². The van der Waals surface area contributed by atoms with Crippen molar-refractivity contribution in [3.05, 3.63) is 77.7 Å². The minimum Gasteiger partial charge on any atom is -0.0775 e. The van der Waals surface area contributed by atoms with Gasteiger partial charge in [0.25, 0.3) is 0 Å². The van der Waals surface area contributed by atoms with E-state index < -0.39 is 0 Å². The van der Waals surface area contributed by atoms with E-state index in [2.05, 4.69) is 66.6 Å². The van der Waals surface area contributed by atoms with Gasteiger partial charge in [0.2, 0.25) is 0 Å². The van der Waals surface area contributed by atoms with Crippen molar-refractivity contribution in [2.75, 3.05) is 0 Å². The fourth-order valence-electron chi connectivity index (χ4n) is 2.24. The zero-order valence-corrected chi connectivity index (χ0v) is 8.83. The second-order valence-electron chi connectivity index (χ2n) is 3.77. The molecule has 2 aromatic rings. The molecular weight excluding hydrogens is 192 g/mol. The maximum atomic E-state index is 3.61. The fraction of sp³-hybridized carbons (Fsp3) is 0. The van der Waals surface area contributed by atoms with E-state index in [4.69, 9.17) is 0 Å². The summed E-state index contributed by atoms with van der Waals surface area (Å²) < 4.78 is 0. The third-order valence-corrected chi connectivity index (χ3v) is 2.90. The minimum atomic E-state index is 1.10. The van der Waals surface area contributed by atoms with E-state index in [1.807, 2.05) is 0 Å². The van der Waals surface area contributed by atoms with Crippen LogP contribution in [0.4, 0.5) is 0 Å². The summed E-state index contributed by atoms with van der Waals surface area (Å²) >= 11 is 0. The van der Waals surface area contributed by atoms with Gasteiger partial charge in [-0.1, -0.05) is 60.0 Å². The maximum Gasteiger partial charge on any atom is 0.0405 e. The average molecular weight is 202 g/mol. The number of hydrogen-bond donors (Lipinski definition) is 0. The number of fused-ring (bicyclic) bond motifs is 3. The van der Waals surface area contributed by atoms with Gasteiger partial charge in [-0.15, -0.1) is 0 Å². The van der Waals surface area contributed by atoms with Crippen LogP contribution in [0.2, 0.25) is 0 Å². The van der Waals surface area contributed by atoms with E-state index in [1.165, 1.54) is 22.3 Å². The van der Waals surface area contributed by atoms with Crippen LogP contribution >= 0.6 is 0 Å². The van der Waals surface area contributed by atoms with Crippen molar-refractivity contribution in [1.29, 1.82) is 0 Å². The molecule has 1 aliphatic rings. The molecule has 0 amide bonds. The van der Waals surface area contributed by atoms with Crippen molar-refractivity contribution in [3.63, 3.8) is 0 Å². The lowest BCUT2D eigenvalue weighted by Crippen LogP contribution is -1.77. The third kappa shape index (κ3) is 1.12. The summed E-state index contributed by atoms with van der Waals surface area (Å²) in [7, 11) is 0. The Kier molecular flexibility index (Phi) is 1.91. The van der Waals surface area contributed by atoms with Crippen LogP contribution in [0.25, 0.3) is 16.7 Å². The molecule has 0 saturated carbocycles. The van der Waals surface area contributed by atoms with Crippen LogP contribution in [0.1, 0.15) is 11.1 Å². The molecule has 0 nitrogen and oxygen atoms in total. The monoisotopic (exact) mass is 202 g/mol. The highest BCUT2D eigenvalue weighted by Gasteiger charge is 2.21. The minimum absolute atomic E-state index is 1.10. The highest BCUT2D eigenvalue weighted by Crippen LogP contribution is 2.42. The quantitative estimate of drug-likeness (QED) is 0.483. The Morgan fingerprint density at radius 3 is 1.56 bits per heavy atom. The van der Waals surface area contributed by atoms with Crippen LogP contribution < -0.4 is 0 Å². The molecule has 1 aliphatic carbocycles. The van der Waals surface area contributed by atoms with Gasteiger partial charge in [0.15, 0.2) is 0 Å². The molecule has 0 bridgehead atoms. The van der Waals surface area contributed by atoms with E-state index in [0.717, 1.165) is 5.57 Å². The first-order valence-electron chi connectivity index (χ1n) is 5.26. The second-order valence-corrected chi connectivity index (χ2v) is 3.77. The van der Waals surface area contributed by atoms with Gasteiger partial charge in [-0.25, -0.2) is 0 Å². The van der Waals surface area contributed by atoms with Crippen LogP contribution in [0.5, 0.6) is 0 Å². The number of hydrogen-bond acceptors (Lipinski definition) is 0. The topological polar surface area (TPSA) is 0 Å². The number of rotatable bonds is 0. The van der Waals surface area contributed by atoms with Crippen molar-refractivity contribution in [3.8, 4) is 11.1 Å². The first kappa shape index (κ1) is 9.00. The lowest BCUT2D eigenvalue weighted by molar-refractivity contribution is 1.65. The molecule has 0 fully saturated rings. The summed E-state index contributed by atoms with van der Waals surface area (Å²) in [5.74, 6) is 0. The van der Waals surface area contributed by atoms with Gasteiger partial charge in [-0.2, -0.15) is 0 Å². The second kappa shape index (κ2) is 3.40. The molecule has 0 saturated heterocycles. The first-order chi connectivity index (χ1) is 7.92. The van der Waals surface area contributed by atoms with Crippen LogP contribution in [-0.4, -0.2) is 0 Å². The van der Waals surface area contributed by atoms with E-state index in [9.17, 15) is 0 Å². The Hall–Kier alpha value is -2.26. The summed E-state index contributed by atoms with van der Waals surface area (Å²) in [4.78, 5) is 0. The molecule has 3 rings (SSSR count). The molecule has 0 atom stereocenters. The molecule has 0 aliphatic heterocycles. The molecule has 0 N–H and O–H groups in total. The van der Waals surface area contributed by atoms with Crippen molar-refractivity contribution in [2.45, 2.75) is 0 Å². The molecule has 0 heterocycles. The molecular formula is C16H10. The molecule has 0 unspecified atom stereocenters. The summed E-state index contributed by atoms with van der Waals surface area (Å²) in [6.45, 7) is 3.61. The molecule has 0 heteroatoms. The Morgan fingerprint density at radius 2 is 1.12 bits per heavy atom. The third-order valence-electron chi connectivity index (χ3n) is 2.90. The van der Waals surface area contributed by atoms with Gasteiger partial charge in [0.1, 0.15) is 0 Å². The fourth-order valence-corrected chi connectivity index (χ4v) is 2.24. The van der Waals surface area contributed by atoms with Crippen molar-refractivity contribution in [1.82, 2.24) is 0 Å². The Labute approximate surface area is 94.9 Å². The SMILES string of the molecule is C=C=C=C1c2ccccc2-c2ccccc21. The van der Waals surface area contributed by atoms with Crippen molar-refractivity contribution >= 4 is 5.57 Å². The lowest BCUT2D eigenvalue weighted by atomic mass is 10.1. The zero-order chi connectivity index (χ0) is 11.0. The smallest absolute Gasteiger partial charge is 0.0405 e. The average Bonchev–Trinajstić information content (AvgIpc) is 2.66. The molecule has 16 heavy (non-hydrogen) atoms. The van der Waals surface area contributed by atoms with Gasteiger partial charge >= 0.3 is 0 Å². The van der Waals surface area contributed by atoms with Crippen LogP contribution in [0.15, 0.2) is 66.6 Å². The summed E-state index contributed by atoms with van der Waals surface area (Å²) in [5.41, 5.74) is 12.0. The van der Waals surface area contributed by atoms with Gasteiger partial charge in [-0.3, -0.25) is 0 Å². The van der Waals surface area contributed by atoms with E-state index in [-0.39, 0.29) is 0 Å². The Balaban J connectivity index is 2.48. The van der Waals surface area contributed by atoms with Crippen LogP contribution in [-0.2, 0) is 0 Å². The standard InChI is InChI=1S/C16H10/c1-2-7-12-13-8-3-5-10-15(13)16-11-6-4-9-14(12)16/h3-6,8-11H,1H2. The molecule has 0 radical (unpaired) electrons. The molecule has 0 aromatic heterocycles. The highest BCUT2D eigenvalue weighted by molar-refractivity contribution is 6.00. The predicted molar refractivity (Wildman–Crippen MR) is 67.0 cm³/mol. The Bertz CT molecular complexity index is 602. The van der Waals surface area contributed by atoms with E-state index in [1.54, 1.807) is 0 Å². The van der Waals surface area contributed by atoms with Gasteiger partial charge < -0.3 is 0 Å². The predicted octanol–water partition coefficient (Wildman–Crippen LogP) is 4.04.